The number of nitrogens with zero attached hydrogens (tertiary/aromatic N) is 2. The van der Waals surface area contributed by atoms with Gasteiger partial charge in [0, 0.05) is 32.5 Å². The van der Waals surface area contributed by atoms with Gasteiger partial charge < -0.3 is 9.47 Å². The first-order valence-electron chi connectivity index (χ1n) is 5.18. The molecule has 76 valence electrons. The Hall–Kier alpha value is -1.25. The van der Waals surface area contributed by atoms with Crippen molar-refractivity contribution in [3.8, 4) is 0 Å². The van der Waals surface area contributed by atoms with Crippen molar-refractivity contribution in [1.82, 2.24) is 9.47 Å². The van der Waals surface area contributed by atoms with Crippen LogP contribution in [0.2, 0.25) is 0 Å². The topological polar surface area (TPSA) is 25.2 Å². The summed E-state index contributed by atoms with van der Waals surface area (Å²) in [6.07, 6.45) is 7.36. The van der Waals surface area contributed by atoms with Crippen molar-refractivity contribution in [2.75, 3.05) is 13.1 Å². The first-order valence-corrected chi connectivity index (χ1v) is 5.18. The molecule has 1 aliphatic rings. The molecule has 0 aromatic carbocycles. The molecule has 0 aliphatic carbocycles. The zero-order valence-electron chi connectivity index (χ0n) is 8.57. The van der Waals surface area contributed by atoms with Crippen LogP contribution in [-0.4, -0.2) is 28.5 Å². The molecule has 1 aromatic heterocycles. The summed E-state index contributed by atoms with van der Waals surface area (Å²) in [4.78, 5) is 13.9. The van der Waals surface area contributed by atoms with Gasteiger partial charge in [0.25, 0.3) is 5.91 Å². The van der Waals surface area contributed by atoms with Crippen LogP contribution in [0.25, 0.3) is 0 Å². The van der Waals surface area contributed by atoms with Crippen LogP contribution < -0.4 is 0 Å². The maximum Gasteiger partial charge on any atom is 0.255 e. The average molecular weight is 192 g/mol. The van der Waals surface area contributed by atoms with Gasteiger partial charge in [0.05, 0.1) is 5.56 Å². The summed E-state index contributed by atoms with van der Waals surface area (Å²) in [5.74, 6) is 0.185. The number of rotatable bonds is 1. The summed E-state index contributed by atoms with van der Waals surface area (Å²) in [5.41, 5.74) is 0.814. The fraction of sp³-hybridized carbons (Fsp3) is 0.545. The second-order valence-electron chi connectivity index (χ2n) is 3.92. The van der Waals surface area contributed by atoms with Crippen LogP contribution >= 0.6 is 0 Å². The lowest BCUT2D eigenvalue weighted by Gasteiger charge is -2.26. The third-order valence-electron chi connectivity index (χ3n) is 2.72. The number of amides is 1. The number of aryl methyl sites for hydroxylation is 1. The first kappa shape index (κ1) is 9.31. The molecule has 1 saturated heterocycles. The molecule has 1 aliphatic heterocycles. The Morgan fingerprint density at radius 1 is 1.29 bits per heavy atom. The summed E-state index contributed by atoms with van der Waals surface area (Å²) in [6.45, 7) is 1.85. The van der Waals surface area contributed by atoms with E-state index in [1.54, 1.807) is 0 Å². The Labute approximate surface area is 84.3 Å². The largest absolute Gasteiger partial charge is 0.356 e. The van der Waals surface area contributed by atoms with Gasteiger partial charge in [-0.1, -0.05) is 0 Å². The van der Waals surface area contributed by atoms with Gasteiger partial charge in [0.15, 0.2) is 0 Å². The van der Waals surface area contributed by atoms with Crippen molar-refractivity contribution in [3.05, 3.63) is 24.0 Å². The molecule has 3 heteroatoms. The Kier molecular flexibility index (Phi) is 2.57. The molecule has 1 fully saturated rings. The molecule has 1 aromatic rings. The lowest BCUT2D eigenvalue weighted by Crippen LogP contribution is -2.35. The molecule has 1 amide bonds. The lowest BCUT2D eigenvalue weighted by atomic mass is 10.1. The van der Waals surface area contributed by atoms with Crippen LogP contribution in [0.4, 0.5) is 0 Å². The summed E-state index contributed by atoms with van der Waals surface area (Å²) >= 11 is 0. The predicted molar refractivity (Wildman–Crippen MR) is 55.2 cm³/mol. The molecule has 2 heterocycles. The highest BCUT2D eigenvalue weighted by Gasteiger charge is 2.18. The monoisotopic (exact) mass is 192 g/mol. The van der Waals surface area contributed by atoms with Crippen molar-refractivity contribution in [2.45, 2.75) is 19.3 Å². The van der Waals surface area contributed by atoms with E-state index in [-0.39, 0.29) is 5.91 Å². The van der Waals surface area contributed by atoms with Crippen LogP contribution in [0, 0.1) is 0 Å². The molecular formula is C11H16N2O. The molecule has 0 saturated carbocycles. The van der Waals surface area contributed by atoms with Crippen molar-refractivity contribution < 1.29 is 4.79 Å². The summed E-state index contributed by atoms with van der Waals surface area (Å²) in [6, 6.07) is 1.89. The second-order valence-corrected chi connectivity index (χ2v) is 3.92. The predicted octanol–water partition coefficient (Wildman–Crippen LogP) is 1.65. The zero-order chi connectivity index (χ0) is 9.97. The van der Waals surface area contributed by atoms with E-state index in [2.05, 4.69) is 0 Å². The number of hydrogen-bond donors (Lipinski definition) is 0. The highest BCUT2D eigenvalue weighted by Crippen LogP contribution is 2.12. The van der Waals surface area contributed by atoms with Crippen molar-refractivity contribution in [2.24, 2.45) is 7.05 Å². The van der Waals surface area contributed by atoms with Gasteiger partial charge in [-0.05, 0) is 25.3 Å². The number of aromatic nitrogens is 1. The van der Waals surface area contributed by atoms with Crippen LogP contribution in [0.1, 0.15) is 29.6 Å². The third-order valence-corrected chi connectivity index (χ3v) is 2.72. The summed E-state index contributed by atoms with van der Waals surface area (Å²) in [7, 11) is 1.94. The molecule has 2 rings (SSSR count). The van der Waals surface area contributed by atoms with Crippen molar-refractivity contribution in [3.63, 3.8) is 0 Å². The minimum Gasteiger partial charge on any atom is -0.356 e. The third kappa shape index (κ3) is 1.81. The highest BCUT2D eigenvalue weighted by molar-refractivity contribution is 5.94. The standard InChI is InChI=1S/C11H16N2O/c1-12-8-5-10(9-12)11(14)13-6-3-2-4-7-13/h5,8-9H,2-4,6-7H2,1H3. The van der Waals surface area contributed by atoms with Gasteiger partial charge in [-0.15, -0.1) is 0 Å². The van der Waals surface area contributed by atoms with Crippen LogP contribution in [-0.2, 0) is 7.05 Å². The highest BCUT2D eigenvalue weighted by atomic mass is 16.2. The minimum atomic E-state index is 0.185. The van der Waals surface area contributed by atoms with Crippen LogP contribution in [0.15, 0.2) is 18.5 Å². The number of hydrogen-bond acceptors (Lipinski definition) is 1. The maximum atomic E-state index is 11.9. The zero-order valence-corrected chi connectivity index (χ0v) is 8.57. The Balaban J connectivity index is 2.07. The number of carbonyl (C=O) groups is 1. The van der Waals surface area contributed by atoms with Gasteiger partial charge in [0.2, 0.25) is 0 Å². The van der Waals surface area contributed by atoms with E-state index >= 15 is 0 Å². The van der Waals surface area contributed by atoms with E-state index < -0.39 is 0 Å². The van der Waals surface area contributed by atoms with Crippen molar-refractivity contribution in [1.29, 1.82) is 0 Å². The van der Waals surface area contributed by atoms with Gasteiger partial charge in [0.1, 0.15) is 0 Å². The molecule has 0 atom stereocenters. The van der Waals surface area contributed by atoms with E-state index in [1.807, 2.05) is 35.0 Å². The molecule has 14 heavy (non-hydrogen) atoms. The SMILES string of the molecule is Cn1ccc(C(=O)N2CCCCC2)c1. The number of likely N-dealkylation sites (tertiary alicyclic amines) is 1. The summed E-state index contributed by atoms with van der Waals surface area (Å²) in [5, 5.41) is 0. The van der Waals surface area contributed by atoms with E-state index in [1.165, 1.54) is 6.42 Å². The quantitative estimate of drug-likeness (QED) is 0.664. The fourth-order valence-electron chi connectivity index (χ4n) is 1.91. The average Bonchev–Trinajstić information content (AvgIpc) is 2.65. The van der Waals surface area contributed by atoms with Gasteiger partial charge in [-0.25, -0.2) is 0 Å². The Morgan fingerprint density at radius 3 is 2.57 bits per heavy atom. The van der Waals surface area contributed by atoms with Gasteiger partial charge >= 0.3 is 0 Å². The molecule has 0 bridgehead atoms. The second kappa shape index (κ2) is 3.86. The number of piperidine rings is 1. The molecule has 0 radical (unpaired) electrons. The smallest absolute Gasteiger partial charge is 0.255 e. The first-order chi connectivity index (χ1) is 6.77. The van der Waals surface area contributed by atoms with E-state index in [0.29, 0.717) is 0 Å². The lowest BCUT2D eigenvalue weighted by molar-refractivity contribution is 0.0724. The maximum absolute atomic E-state index is 11.9. The molecule has 0 unspecified atom stereocenters. The van der Waals surface area contributed by atoms with E-state index in [9.17, 15) is 4.79 Å². The summed E-state index contributed by atoms with van der Waals surface area (Å²) < 4.78 is 1.91. The van der Waals surface area contributed by atoms with Crippen LogP contribution in [0.3, 0.4) is 0 Å². The fourth-order valence-corrected chi connectivity index (χ4v) is 1.91. The van der Waals surface area contributed by atoms with E-state index in [4.69, 9.17) is 0 Å². The van der Waals surface area contributed by atoms with Crippen molar-refractivity contribution >= 4 is 5.91 Å². The molecule has 0 spiro atoms. The molecule has 0 N–H and O–H groups in total. The van der Waals surface area contributed by atoms with Gasteiger partial charge in [-0.2, -0.15) is 0 Å². The molecule has 3 nitrogen and oxygen atoms in total. The normalized spacial score (nSPS) is 17.1. The van der Waals surface area contributed by atoms with E-state index in [0.717, 1.165) is 31.5 Å². The van der Waals surface area contributed by atoms with Crippen LogP contribution in [0.5, 0.6) is 0 Å². The number of carbonyl (C=O) groups excluding carboxylic acids is 1. The van der Waals surface area contributed by atoms with Gasteiger partial charge in [-0.3, -0.25) is 4.79 Å². The Bertz CT molecular complexity index is 324. The molecular weight excluding hydrogens is 176 g/mol. The minimum absolute atomic E-state index is 0.185. The Morgan fingerprint density at radius 2 is 2.00 bits per heavy atom.